The van der Waals surface area contributed by atoms with Gasteiger partial charge in [0.15, 0.2) is 5.11 Å². The molecule has 8 heteroatoms. The van der Waals surface area contributed by atoms with Crippen LogP contribution in [-0.4, -0.2) is 15.9 Å². The van der Waals surface area contributed by atoms with E-state index in [2.05, 4.69) is 16.0 Å². The highest BCUT2D eigenvalue weighted by molar-refractivity contribution is 7.80. The van der Waals surface area contributed by atoms with Crippen molar-refractivity contribution in [3.8, 4) is 0 Å². The molecule has 1 aliphatic heterocycles. The lowest BCUT2D eigenvalue weighted by molar-refractivity contribution is -0.384. The molecule has 0 bridgehead atoms. The number of nitrogens with zero attached hydrogens (tertiary/aromatic N) is 1. The van der Waals surface area contributed by atoms with Crippen LogP contribution in [0.15, 0.2) is 53.7 Å². The van der Waals surface area contributed by atoms with Crippen molar-refractivity contribution in [3.05, 3.63) is 80.5 Å². The number of anilines is 1. The van der Waals surface area contributed by atoms with Crippen molar-refractivity contribution in [1.29, 1.82) is 0 Å². The van der Waals surface area contributed by atoms with Gasteiger partial charge in [0.2, 0.25) is 0 Å². The molecular weight excluding hydrogens is 376 g/mol. The molecule has 3 N–H and O–H groups in total. The average Bonchev–Trinajstić information content (AvgIpc) is 2.60. The molecule has 1 unspecified atom stereocenters. The minimum absolute atomic E-state index is 0.0119. The van der Waals surface area contributed by atoms with Crippen LogP contribution < -0.4 is 16.0 Å². The molecule has 1 atom stereocenters. The third-order valence-corrected chi connectivity index (χ3v) is 4.65. The van der Waals surface area contributed by atoms with Crippen molar-refractivity contribution < 1.29 is 9.72 Å². The second-order valence-electron chi connectivity index (χ2n) is 6.75. The van der Waals surface area contributed by atoms with Gasteiger partial charge >= 0.3 is 0 Å². The minimum atomic E-state index is -0.513. The summed E-state index contributed by atoms with van der Waals surface area (Å²) in [6.07, 6.45) is 0. The first kappa shape index (κ1) is 19.5. The first-order chi connectivity index (χ1) is 13.2. The summed E-state index contributed by atoms with van der Waals surface area (Å²) in [5.41, 5.74) is 4.61. The number of hydrogen-bond donors (Lipinski definition) is 3. The predicted molar refractivity (Wildman–Crippen MR) is 112 cm³/mol. The fraction of sp³-hybridized carbons (Fsp3) is 0.200. The maximum absolute atomic E-state index is 13.1. The molecule has 1 aliphatic rings. The third kappa shape index (κ3) is 4.17. The number of aryl methyl sites for hydroxylation is 2. The Morgan fingerprint density at radius 2 is 1.71 bits per heavy atom. The molecule has 1 heterocycles. The second-order valence-corrected chi connectivity index (χ2v) is 7.16. The lowest BCUT2D eigenvalue weighted by Gasteiger charge is -2.30. The molecule has 0 spiro atoms. The van der Waals surface area contributed by atoms with Gasteiger partial charge in [0, 0.05) is 23.5 Å². The monoisotopic (exact) mass is 396 g/mol. The Morgan fingerprint density at radius 1 is 1.11 bits per heavy atom. The molecule has 0 saturated heterocycles. The van der Waals surface area contributed by atoms with Crippen molar-refractivity contribution in [2.45, 2.75) is 26.8 Å². The average molecular weight is 396 g/mol. The smallest absolute Gasteiger partial charge is 0.269 e. The zero-order chi connectivity index (χ0) is 20.4. The van der Waals surface area contributed by atoms with E-state index in [-0.39, 0.29) is 11.6 Å². The summed E-state index contributed by atoms with van der Waals surface area (Å²) < 4.78 is 0. The van der Waals surface area contributed by atoms with Crippen molar-refractivity contribution in [2.75, 3.05) is 5.32 Å². The number of carbonyl (C=O) groups excluding carboxylic acids is 1. The standard InChI is InChI=1S/C20H20N4O3S/c1-11-8-12(2)10-15(9-11)22-19(25)17-13(3)21-20(28)23-18(17)14-4-6-16(7-5-14)24(26)27/h4-10,18H,1-3H3,(H,22,25)(H2,21,23,28). The Bertz CT molecular complexity index is 979. The van der Waals surface area contributed by atoms with Crippen LogP contribution in [0.25, 0.3) is 0 Å². The molecular formula is C20H20N4O3S. The first-order valence-electron chi connectivity index (χ1n) is 8.67. The number of hydrogen-bond acceptors (Lipinski definition) is 4. The van der Waals surface area contributed by atoms with Gasteiger partial charge in [0.1, 0.15) is 0 Å². The number of allylic oxidation sites excluding steroid dienone is 1. The van der Waals surface area contributed by atoms with Crippen molar-refractivity contribution >= 4 is 34.6 Å². The normalized spacial score (nSPS) is 16.2. The molecule has 3 rings (SSSR count). The van der Waals surface area contributed by atoms with Gasteiger partial charge in [0.05, 0.1) is 16.5 Å². The maximum atomic E-state index is 13.1. The van der Waals surface area contributed by atoms with Gasteiger partial charge in [-0.25, -0.2) is 0 Å². The summed E-state index contributed by atoms with van der Waals surface area (Å²) in [7, 11) is 0. The number of carbonyl (C=O) groups is 1. The lowest BCUT2D eigenvalue weighted by atomic mass is 9.94. The molecule has 1 amide bonds. The highest BCUT2D eigenvalue weighted by atomic mass is 32.1. The van der Waals surface area contributed by atoms with Crippen molar-refractivity contribution in [2.24, 2.45) is 0 Å². The van der Waals surface area contributed by atoms with Crippen LogP contribution in [0.1, 0.15) is 29.7 Å². The molecule has 0 fully saturated rings. The summed E-state index contributed by atoms with van der Waals surface area (Å²) in [5, 5.41) is 20.3. The Balaban J connectivity index is 1.94. The van der Waals surface area contributed by atoms with Gasteiger partial charge in [-0.05, 0) is 73.9 Å². The predicted octanol–water partition coefficient (Wildman–Crippen LogP) is 3.64. The lowest BCUT2D eigenvalue weighted by Crippen LogP contribution is -2.45. The van der Waals surface area contributed by atoms with Gasteiger partial charge in [-0.2, -0.15) is 0 Å². The molecule has 144 valence electrons. The van der Waals surface area contributed by atoms with E-state index in [0.29, 0.717) is 27.6 Å². The zero-order valence-electron chi connectivity index (χ0n) is 15.7. The maximum Gasteiger partial charge on any atom is 0.269 e. The van der Waals surface area contributed by atoms with Crippen molar-refractivity contribution in [1.82, 2.24) is 10.6 Å². The van der Waals surface area contributed by atoms with E-state index < -0.39 is 11.0 Å². The number of nitro benzene ring substituents is 1. The van der Waals surface area contributed by atoms with Gasteiger partial charge in [0.25, 0.3) is 11.6 Å². The number of benzene rings is 2. The molecule has 2 aromatic carbocycles. The molecule has 0 radical (unpaired) electrons. The van der Waals surface area contributed by atoms with Crippen LogP contribution in [0.2, 0.25) is 0 Å². The van der Waals surface area contributed by atoms with E-state index in [0.717, 1.165) is 11.1 Å². The second kappa shape index (κ2) is 7.77. The minimum Gasteiger partial charge on any atom is -0.351 e. The summed E-state index contributed by atoms with van der Waals surface area (Å²) in [5.74, 6) is -0.270. The fourth-order valence-electron chi connectivity index (χ4n) is 3.28. The number of rotatable bonds is 4. The Morgan fingerprint density at radius 3 is 2.29 bits per heavy atom. The molecule has 0 saturated carbocycles. The molecule has 0 aromatic heterocycles. The van der Waals surface area contributed by atoms with Crippen LogP contribution in [0.3, 0.4) is 0 Å². The van der Waals surface area contributed by atoms with Gasteiger partial charge in [-0.1, -0.05) is 6.07 Å². The Hall–Kier alpha value is -3.26. The molecule has 2 aromatic rings. The fourth-order valence-corrected chi connectivity index (χ4v) is 3.55. The van der Waals surface area contributed by atoms with Crippen LogP contribution in [0.5, 0.6) is 0 Å². The number of non-ortho nitro benzene ring substituents is 1. The Labute approximate surface area is 168 Å². The molecule has 28 heavy (non-hydrogen) atoms. The topological polar surface area (TPSA) is 96.3 Å². The number of nitrogens with one attached hydrogen (secondary N) is 3. The van der Waals surface area contributed by atoms with Crippen LogP contribution in [0, 0.1) is 24.0 Å². The largest absolute Gasteiger partial charge is 0.351 e. The first-order valence-corrected chi connectivity index (χ1v) is 9.07. The van der Waals surface area contributed by atoms with Crippen LogP contribution in [0.4, 0.5) is 11.4 Å². The summed E-state index contributed by atoms with van der Waals surface area (Å²) in [6, 6.07) is 11.4. The van der Waals surface area contributed by atoms with Crippen LogP contribution >= 0.6 is 12.2 Å². The number of thiocarbonyl (C=S) groups is 1. The zero-order valence-corrected chi connectivity index (χ0v) is 16.5. The van der Waals surface area contributed by atoms with E-state index in [1.807, 2.05) is 32.0 Å². The van der Waals surface area contributed by atoms with E-state index in [4.69, 9.17) is 12.2 Å². The SMILES string of the molecule is CC1=C(C(=O)Nc2cc(C)cc(C)c2)C(c2ccc([N+](=O)[O-])cc2)NC(=S)N1. The number of nitro groups is 1. The van der Waals surface area contributed by atoms with E-state index in [9.17, 15) is 14.9 Å². The molecule has 0 aliphatic carbocycles. The highest BCUT2D eigenvalue weighted by Gasteiger charge is 2.30. The highest BCUT2D eigenvalue weighted by Crippen LogP contribution is 2.29. The molecule has 7 nitrogen and oxygen atoms in total. The Kier molecular flexibility index (Phi) is 5.41. The van der Waals surface area contributed by atoms with E-state index in [1.165, 1.54) is 12.1 Å². The number of amides is 1. The summed E-state index contributed by atoms with van der Waals surface area (Å²) in [4.78, 5) is 23.5. The van der Waals surface area contributed by atoms with Gasteiger partial charge in [-0.3, -0.25) is 14.9 Å². The van der Waals surface area contributed by atoms with E-state index in [1.54, 1.807) is 19.1 Å². The van der Waals surface area contributed by atoms with Crippen molar-refractivity contribution in [3.63, 3.8) is 0 Å². The van der Waals surface area contributed by atoms with Crippen LogP contribution in [-0.2, 0) is 4.79 Å². The van der Waals surface area contributed by atoms with Gasteiger partial charge < -0.3 is 16.0 Å². The van der Waals surface area contributed by atoms with Gasteiger partial charge in [-0.15, -0.1) is 0 Å². The summed E-state index contributed by atoms with van der Waals surface area (Å²) >= 11 is 5.23. The summed E-state index contributed by atoms with van der Waals surface area (Å²) in [6.45, 7) is 5.71. The third-order valence-electron chi connectivity index (χ3n) is 4.43. The van der Waals surface area contributed by atoms with E-state index >= 15 is 0 Å². The quantitative estimate of drug-likeness (QED) is 0.415.